The van der Waals surface area contributed by atoms with E-state index >= 15 is 0 Å². The van der Waals surface area contributed by atoms with Crippen molar-refractivity contribution in [2.24, 2.45) is 5.92 Å². The van der Waals surface area contributed by atoms with Crippen molar-refractivity contribution in [3.05, 3.63) is 41.3 Å². The van der Waals surface area contributed by atoms with Crippen molar-refractivity contribution in [1.29, 1.82) is 0 Å². The van der Waals surface area contributed by atoms with Gasteiger partial charge in [0, 0.05) is 12.1 Å². The number of carbonyl (C=O) groups is 1. The zero-order chi connectivity index (χ0) is 16.1. The Balaban J connectivity index is 2.11. The molecule has 0 aliphatic heterocycles. The van der Waals surface area contributed by atoms with Crippen LogP contribution in [0.1, 0.15) is 49.0 Å². The molecule has 0 unspecified atom stereocenters. The van der Waals surface area contributed by atoms with Gasteiger partial charge in [-0.2, -0.15) is 0 Å². The van der Waals surface area contributed by atoms with E-state index in [0.717, 1.165) is 18.4 Å². The van der Waals surface area contributed by atoms with Crippen molar-refractivity contribution in [3.63, 3.8) is 0 Å². The monoisotopic (exact) mass is 300 g/mol. The third-order valence-corrected chi connectivity index (χ3v) is 3.63. The van der Waals surface area contributed by atoms with Crippen molar-refractivity contribution in [3.8, 4) is 11.5 Å². The Bertz CT molecular complexity index is 627. The summed E-state index contributed by atoms with van der Waals surface area (Å²) in [4.78, 5) is 16.5. The molecule has 0 saturated carbocycles. The number of oxazole rings is 1. The van der Waals surface area contributed by atoms with Crippen LogP contribution in [0.3, 0.4) is 0 Å². The molecule has 1 heterocycles. The number of rotatable bonds is 6. The van der Waals surface area contributed by atoms with E-state index in [-0.39, 0.29) is 5.91 Å². The first-order valence-electron chi connectivity index (χ1n) is 7.86. The van der Waals surface area contributed by atoms with Gasteiger partial charge in [-0.1, -0.05) is 32.9 Å². The molecule has 1 aromatic carbocycles. The molecule has 2 aromatic rings. The molecule has 1 amide bonds. The molecular weight excluding hydrogens is 276 g/mol. The maximum atomic E-state index is 12.2. The summed E-state index contributed by atoms with van der Waals surface area (Å²) in [5, 5.41) is 2.89. The van der Waals surface area contributed by atoms with Gasteiger partial charge in [-0.25, -0.2) is 4.98 Å². The molecule has 0 atom stereocenters. The number of aryl methyl sites for hydroxylation is 2. The number of benzene rings is 1. The Labute approximate surface area is 131 Å². The minimum atomic E-state index is -0.168. The van der Waals surface area contributed by atoms with Crippen LogP contribution < -0.4 is 5.32 Å². The fourth-order valence-electron chi connectivity index (χ4n) is 2.17. The van der Waals surface area contributed by atoms with Crippen LogP contribution in [0.2, 0.25) is 0 Å². The lowest BCUT2D eigenvalue weighted by atomic mass is 10.1. The molecule has 4 nitrogen and oxygen atoms in total. The topological polar surface area (TPSA) is 55.1 Å². The van der Waals surface area contributed by atoms with Crippen LogP contribution in [0.15, 0.2) is 28.7 Å². The SMILES string of the molecule is CCc1ccc(-c2nc(C(=O)NCCC(C)C)c(C)o2)cc1. The molecule has 0 bridgehead atoms. The summed E-state index contributed by atoms with van der Waals surface area (Å²) in [6.07, 6.45) is 1.95. The molecule has 0 fully saturated rings. The fraction of sp³-hybridized carbons (Fsp3) is 0.444. The highest BCUT2D eigenvalue weighted by molar-refractivity contribution is 5.93. The molecule has 0 aliphatic carbocycles. The van der Waals surface area contributed by atoms with Crippen LogP contribution in [-0.4, -0.2) is 17.4 Å². The third-order valence-electron chi connectivity index (χ3n) is 3.63. The van der Waals surface area contributed by atoms with Gasteiger partial charge in [0.05, 0.1) is 0 Å². The molecule has 118 valence electrons. The van der Waals surface area contributed by atoms with Crippen LogP contribution in [0, 0.1) is 12.8 Å². The summed E-state index contributed by atoms with van der Waals surface area (Å²) in [6.45, 7) is 8.80. The van der Waals surface area contributed by atoms with E-state index in [1.165, 1.54) is 5.56 Å². The lowest BCUT2D eigenvalue weighted by molar-refractivity contribution is 0.0946. The number of hydrogen-bond acceptors (Lipinski definition) is 3. The number of hydrogen-bond donors (Lipinski definition) is 1. The quantitative estimate of drug-likeness (QED) is 0.877. The molecule has 0 radical (unpaired) electrons. The number of carbonyl (C=O) groups excluding carboxylic acids is 1. The maximum absolute atomic E-state index is 12.2. The minimum Gasteiger partial charge on any atom is -0.441 e. The van der Waals surface area contributed by atoms with Gasteiger partial charge in [0.15, 0.2) is 5.69 Å². The Hall–Kier alpha value is -2.10. The van der Waals surface area contributed by atoms with Gasteiger partial charge in [0.1, 0.15) is 5.76 Å². The second-order valence-electron chi connectivity index (χ2n) is 5.91. The van der Waals surface area contributed by atoms with E-state index < -0.39 is 0 Å². The molecule has 22 heavy (non-hydrogen) atoms. The summed E-state index contributed by atoms with van der Waals surface area (Å²) >= 11 is 0. The lowest BCUT2D eigenvalue weighted by Crippen LogP contribution is -2.26. The summed E-state index contributed by atoms with van der Waals surface area (Å²) in [5.41, 5.74) is 2.53. The van der Waals surface area contributed by atoms with E-state index in [2.05, 4.69) is 43.2 Å². The van der Waals surface area contributed by atoms with Crippen LogP contribution in [0.25, 0.3) is 11.5 Å². The molecule has 2 rings (SSSR count). The van der Waals surface area contributed by atoms with E-state index in [0.29, 0.717) is 29.8 Å². The average molecular weight is 300 g/mol. The zero-order valence-electron chi connectivity index (χ0n) is 13.8. The molecule has 4 heteroatoms. The number of aromatic nitrogens is 1. The second-order valence-corrected chi connectivity index (χ2v) is 5.91. The normalized spacial score (nSPS) is 11.0. The summed E-state index contributed by atoms with van der Waals surface area (Å²) in [7, 11) is 0. The number of amides is 1. The Kier molecular flexibility index (Phi) is 5.36. The zero-order valence-corrected chi connectivity index (χ0v) is 13.8. The van der Waals surface area contributed by atoms with Gasteiger partial charge < -0.3 is 9.73 Å². The van der Waals surface area contributed by atoms with Crippen LogP contribution >= 0.6 is 0 Å². The highest BCUT2D eigenvalue weighted by Crippen LogP contribution is 2.22. The standard InChI is InChI=1S/C18H24N2O2/c1-5-14-6-8-15(9-7-14)18-20-16(13(4)22-18)17(21)19-11-10-12(2)3/h6-9,12H,5,10-11H2,1-4H3,(H,19,21). The Morgan fingerprint density at radius 2 is 1.95 bits per heavy atom. The molecule has 0 aliphatic rings. The maximum Gasteiger partial charge on any atom is 0.273 e. The largest absolute Gasteiger partial charge is 0.441 e. The predicted molar refractivity (Wildman–Crippen MR) is 87.8 cm³/mol. The summed E-state index contributed by atoms with van der Waals surface area (Å²) in [6, 6.07) is 8.06. The molecule has 1 N–H and O–H groups in total. The Morgan fingerprint density at radius 3 is 2.55 bits per heavy atom. The number of nitrogens with zero attached hydrogens (tertiary/aromatic N) is 1. The fourth-order valence-corrected chi connectivity index (χ4v) is 2.17. The van der Waals surface area contributed by atoms with Crippen molar-refractivity contribution in [2.75, 3.05) is 6.54 Å². The van der Waals surface area contributed by atoms with E-state index in [9.17, 15) is 4.79 Å². The van der Waals surface area contributed by atoms with Crippen LogP contribution in [0.5, 0.6) is 0 Å². The highest BCUT2D eigenvalue weighted by Gasteiger charge is 2.17. The first kappa shape index (κ1) is 16.3. The van der Waals surface area contributed by atoms with Gasteiger partial charge >= 0.3 is 0 Å². The molecule has 1 aromatic heterocycles. The Morgan fingerprint density at radius 1 is 1.27 bits per heavy atom. The van der Waals surface area contributed by atoms with Crippen LogP contribution in [-0.2, 0) is 6.42 Å². The van der Waals surface area contributed by atoms with Gasteiger partial charge in [-0.3, -0.25) is 4.79 Å². The van der Waals surface area contributed by atoms with Gasteiger partial charge in [-0.05, 0) is 43.4 Å². The smallest absolute Gasteiger partial charge is 0.273 e. The van der Waals surface area contributed by atoms with Crippen molar-refractivity contribution in [1.82, 2.24) is 10.3 Å². The average Bonchev–Trinajstić information content (AvgIpc) is 2.89. The second kappa shape index (κ2) is 7.25. The highest BCUT2D eigenvalue weighted by atomic mass is 16.4. The predicted octanol–water partition coefficient (Wildman–Crippen LogP) is 3.99. The van der Waals surface area contributed by atoms with Crippen molar-refractivity contribution in [2.45, 2.75) is 40.5 Å². The van der Waals surface area contributed by atoms with Gasteiger partial charge in [0.25, 0.3) is 5.91 Å². The number of nitrogens with one attached hydrogen (secondary N) is 1. The minimum absolute atomic E-state index is 0.168. The van der Waals surface area contributed by atoms with Gasteiger partial charge in [0.2, 0.25) is 5.89 Å². The van der Waals surface area contributed by atoms with E-state index in [1.807, 2.05) is 12.1 Å². The lowest BCUT2D eigenvalue weighted by Gasteiger charge is -2.05. The molecule has 0 spiro atoms. The van der Waals surface area contributed by atoms with Gasteiger partial charge in [-0.15, -0.1) is 0 Å². The summed E-state index contributed by atoms with van der Waals surface area (Å²) < 4.78 is 5.65. The van der Waals surface area contributed by atoms with Crippen molar-refractivity contribution >= 4 is 5.91 Å². The van der Waals surface area contributed by atoms with E-state index in [4.69, 9.17) is 4.42 Å². The first-order valence-corrected chi connectivity index (χ1v) is 7.86. The molecular formula is C18H24N2O2. The third kappa shape index (κ3) is 3.97. The first-order chi connectivity index (χ1) is 10.5. The van der Waals surface area contributed by atoms with Crippen LogP contribution in [0.4, 0.5) is 0 Å². The van der Waals surface area contributed by atoms with E-state index in [1.54, 1.807) is 6.92 Å². The van der Waals surface area contributed by atoms with Crippen molar-refractivity contribution < 1.29 is 9.21 Å². The molecule has 0 saturated heterocycles. The summed E-state index contributed by atoms with van der Waals surface area (Å²) in [5.74, 6) is 1.44.